The van der Waals surface area contributed by atoms with Crippen LogP contribution in [-0.4, -0.2) is 39.7 Å². The van der Waals surface area contributed by atoms with Gasteiger partial charge < -0.3 is 10.1 Å². The third kappa shape index (κ3) is 3.82. The molecule has 2 N–H and O–H groups in total. The number of nitrogens with zero attached hydrogens (tertiary/aromatic N) is 3. The average molecular weight is 337 g/mol. The van der Waals surface area contributed by atoms with Gasteiger partial charge in [0.2, 0.25) is 5.82 Å². The summed E-state index contributed by atoms with van der Waals surface area (Å²) in [5.41, 5.74) is 2.19. The number of methoxy groups -OCH3 is 1. The van der Waals surface area contributed by atoms with E-state index in [1.54, 1.807) is 19.2 Å². The number of benzene rings is 2. The molecule has 0 bridgehead atoms. The zero-order valence-electron chi connectivity index (χ0n) is 14.1. The van der Waals surface area contributed by atoms with E-state index in [-0.39, 0.29) is 11.9 Å². The first-order chi connectivity index (χ1) is 12.2. The van der Waals surface area contributed by atoms with Crippen molar-refractivity contribution in [3.8, 4) is 17.1 Å². The van der Waals surface area contributed by atoms with Crippen molar-refractivity contribution in [2.24, 2.45) is 0 Å². The Bertz CT molecular complexity index is 848. The van der Waals surface area contributed by atoms with Crippen LogP contribution >= 0.6 is 0 Å². The summed E-state index contributed by atoms with van der Waals surface area (Å²) in [5, 5.41) is 16.9. The van der Waals surface area contributed by atoms with Gasteiger partial charge in [-0.05, 0) is 36.3 Å². The molecule has 3 aromatic rings. The van der Waals surface area contributed by atoms with Crippen molar-refractivity contribution in [2.75, 3.05) is 7.11 Å². The summed E-state index contributed by atoms with van der Waals surface area (Å²) in [4.78, 5) is 12.7. The highest BCUT2D eigenvalue weighted by molar-refractivity contribution is 6.00. The van der Waals surface area contributed by atoms with Crippen LogP contribution in [-0.2, 0) is 6.42 Å². The van der Waals surface area contributed by atoms with Gasteiger partial charge in [-0.15, -0.1) is 10.2 Å². The second-order valence-electron chi connectivity index (χ2n) is 5.67. The monoisotopic (exact) mass is 337 g/mol. The van der Waals surface area contributed by atoms with Crippen LogP contribution in [0.5, 0.6) is 5.75 Å². The first-order valence-corrected chi connectivity index (χ1v) is 7.94. The Morgan fingerprint density at radius 1 is 1.20 bits per heavy atom. The van der Waals surface area contributed by atoms with E-state index in [0.717, 1.165) is 11.3 Å². The topological polar surface area (TPSA) is 92.8 Å². The lowest BCUT2D eigenvalue weighted by Gasteiger charge is -2.16. The molecule has 1 atom stereocenters. The van der Waals surface area contributed by atoms with Crippen LogP contribution in [0.1, 0.15) is 22.8 Å². The predicted molar refractivity (Wildman–Crippen MR) is 93.2 cm³/mol. The number of nitrogens with one attached hydrogen (secondary N) is 2. The van der Waals surface area contributed by atoms with Crippen LogP contribution in [0.3, 0.4) is 0 Å². The Kier molecular flexibility index (Phi) is 5.03. The highest BCUT2D eigenvalue weighted by atomic mass is 16.5. The molecule has 0 saturated heterocycles. The van der Waals surface area contributed by atoms with Gasteiger partial charge in [0, 0.05) is 11.6 Å². The number of H-pyrrole nitrogens is 1. The van der Waals surface area contributed by atoms with Gasteiger partial charge in [0.05, 0.1) is 12.7 Å². The summed E-state index contributed by atoms with van der Waals surface area (Å²) >= 11 is 0. The van der Waals surface area contributed by atoms with Crippen molar-refractivity contribution >= 4 is 5.91 Å². The number of carbonyl (C=O) groups excluding carboxylic acids is 1. The Morgan fingerprint density at radius 3 is 2.72 bits per heavy atom. The number of hydrogen-bond donors (Lipinski definition) is 2. The smallest absolute Gasteiger partial charge is 0.252 e. The van der Waals surface area contributed by atoms with E-state index in [4.69, 9.17) is 4.74 Å². The SMILES string of the molecule is COc1ccccc1CC(C)NC(=O)c1ccccc1-c1nn[nH]n1. The van der Waals surface area contributed by atoms with E-state index in [1.165, 1.54) is 0 Å². The molecule has 0 radical (unpaired) electrons. The molecular weight excluding hydrogens is 318 g/mol. The molecule has 7 heteroatoms. The van der Waals surface area contributed by atoms with Gasteiger partial charge in [-0.2, -0.15) is 5.21 Å². The summed E-state index contributed by atoms with van der Waals surface area (Å²) in [6.07, 6.45) is 0.667. The van der Waals surface area contributed by atoms with Crippen molar-refractivity contribution in [1.82, 2.24) is 25.9 Å². The Morgan fingerprint density at radius 2 is 1.96 bits per heavy atom. The van der Waals surface area contributed by atoms with Crippen LogP contribution in [0.2, 0.25) is 0 Å². The number of rotatable bonds is 6. The zero-order chi connectivity index (χ0) is 17.6. The highest BCUT2D eigenvalue weighted by Gasteiger charge is 2.17. The molecule has 1 unspecified atom stereocenters. The fourth-order valence-electron chi connectivity index (χ4n) is 2.71. The lowest BCUT2D eigenvalue weighted by molar-refractivity contribution is 0.0940. The van der Waals surface area contributed by atoms with Gasteiger partial charge in [-0.25, -0.2) is 0 Å². The first kappa shape index (κ1) is 16.6. The lowest BCUT2D eigenvalue weighted by Crippen LogP contribution is -2.34. The van der Waals surface area contributed by atoms with Crippen molar-refractivity contribution in [3.05, 3.63) is 59.7 Å². The minimum absolute atomic E-state index is 0.0675. The molecule has 0 aliphatic heterocycles. The zero-order valence-corrected chi connectivity index (χ0v) is 14.1. The minimum atomic E-state index is -0.178. The lowest BCUT2D eigenvalue weighted by atomic mass is 10.0. The maximum absolute atomic E-state index is 12.7. The number of carbonyl (C=O) groups is 1. The average Bonchev–Trinajstić information content (AvgIpc) is 3.16. The minimum Gasteiger partial charge on any atom is -0.496 e. The fraction of sp³-hybridized carbons (Fsp3) is 0.222. The van der Waals surface area contributed by atoms with Gasteiger partial charge in [0.15, 0.2) is 0 Å². The van der Waals surface area contributed by atoms with Crippen LogP contribution < -0.4 is 10.1 Å². The number of amides is 1. The summed E-state index contributed by atoms with van der Waals surface area (Å²) < 4.78 is 5.36. The van der Waals surface area contributed by atoms with Crippen molar-refractivity contribution in [3.63, 3.8) is 0 Å². The van der Waals surface area contributed by atoms with Gasteiger partial charge in [-0.1, -0.05) is 36.4 Å². The maximum atomic E-state index is 12.7. The quantitative estimate of drug-likeness (QED) is 0.719. The summed E-state index contributed by atoms with van der Waals surface area (Å²) in [6.45, 7) is 1.96. The van der Waals surface area contributed by atoms with Crippen molar-refractivity contribution in [1.29, 1.82) is 0 Å². The molecule has 2 aromatic carbocycles. The molecule has 1 amide bonds. The largest absolute Gasteiger partial charge is 0.496 e. The number of aromatic nitrogens is 4. The summed E-state index contributed by atoms with van der Waals surface area (Å²) in [6, 6.07) is 14.9. The molecule has 0 aliphatic rings. The van der Waals surface area contributed by atoms with Crippen LogP contribution in [0.25, 0.3) is 11.4 Å². The predicted octanol–water partition coefficient (Wildman–Crippen LogP) is 2.24. The molecular formula is C18H19N5O2. The molecule has 1 aromatic heterocycles. The molecule has 3 rings (SSSR count). The summed E-state index contributed by atoms with van der Waals surface area (Å²) in [5.74, 6) is 1.03. The number of ether oxygens (including phenoxy) is 1. The second-order valence-corrected chi connectivity index (χ2v) is 5.67. The Labute approximate surface area is 145 Å². The maximum Gasteiger partial charge on any atom is 0.252 e. The molecule has 128 valence electrons. The first-order valence-electron chi connectivity index (χ1n) is 7.94. The highest BCUT2D eigenvalue weighted by Crippen LogP contribution is 2.21. The third-order valence-electron chi connectivity index (χ3n) is 3.85. The van der Waals surface area contributed by atoms with Crippen LogP contribution in [0, 0.1) is 0 Å². The van der Waals surface area contributed by atoms with Gasteiger partial charge >= 0.3 is 0 Å². The number of tetrazole rings is 1. The van der Waals surface area contributed by atoms with Gasteiger partial charge in [-0.3, -0.25) is 4.79 Å². The normalized spacial score (nSPS) is 11.8. The van der Waals surface area contributed by atoms with E-state index in [9.17, 15) is 4.79 Å². The molecule has 0 fully saturated rings. The van der Waals surface area contributed by atoms with Gasteiger partial charge in [0.1, 0.15) is 5.75 Å². The molecule has 0 spiro atoms. The molecule has 0 aliphatic carbocycles. The van der Waals surface area contributed by atoms with E-state index in [0.29, 0.717) is 23.4 Å². The molecule has 25 heavy (non-hydrogen) atoms. The third-order valence-corrected chi connectivity index (χ3v) is 3.85. The number of aromatic amines is 1. The Balaban J connectivity index is 1.75. The van der Waals surface area contributed by atoms with Crippen LogP contribution in [0.15, 0.2) is 48.5 Å². The van der Waals surface area contributed by atoms with Gasteiger partial charge in [0.25, 0.3) is 5.91 Å². The van der Waals surface area contributed by atoms with E-state index < -0.39 is 0 Å². The number of hydrogen-bond acceptors (Lipinski definition) is 5. The molecule has 1 heterocycles. The Hall–Kier alpha value is -3.22. The van der Waals surface area contributed by atoms with Crippen molar-refractivity contribution in [2.45, 2.75) is 19.4 Å². The molecule has 0 saturated carbocycles. The summed E-state index contributed by atoms with van der Waals surface area (Å²) in [7, 11) is 1.64. The fourth-order valence-corrected chi connectivity index (χ4v) is 2.71. The van der Waals surface area contributed by atoms with E-state index >= 15 is 0 Å². The second kappa shape index (κ2) is 7.57. The standard InChI is InChI=1S/C18H19N5O2/c1-12(11-13-7-3-6-10-16(13)25-2)19-18(24)15-9-5-4-8-14(15)17-20-22-23-21-17/h3-10,12H,11H2,1-2H3,(H,19,24)(H,20,21,22,23). The molecule has 7 nitrogen and oxygen atoms in total. The van der Waals surface area contributed by atoms with Crippen molar-refractivity contribution < 1.29 is 9.53 Å². The van der Waals surface area contributed by atoms with Crippen LogP contribution in [0.4, 0.5) is 0 Å². The number of para-hydroxylation sites is 1. The van der Waals surface area contributed by atoms with E-state index in [1.807, 2.05) is 43.3 Å². The van der Waals surface area contributed by atoms with E-state index in [2.05, 4.69) is 25.9 Å².